The maximum absolute atomic E-state index is 12.5. The molecule has 0 radical (unpaired) electrons. The van der Waals surface area contributed by atoms with Crippen LogP contribution in [-0.2, 0) is 11.3 Å². The minimum Gasteiger partial charge on any atom is -0.330 e. The largest absolute Gasteiger partial charge is 0.330 e. The van der Waals surface area contributed by atoms with Gasteiger partial charge >= 0.3 is 0 Å². The zero-order chi connectivity index (χ0) is 13.4. The maximum Gasteiger partial charge on any atom is 0.243 e. The summed E-state index contributed by atoms with van der Waals surface area (Å²) >= 11 is 0. The summed E-state index contributed by atoms with van der Waals surface area (Å²) < 4.78 is 0. The van der Waals surface area contributed by atoms with Crippen molar-refractivity contribution in [3.8, 4) is 0 Å². The second kappa shape index (κ2) is 4.35. The molecule has 1 fully saturated rings. The number of carbonyl (C=O) groups is 1. The zero-order valence-electron chi connectivity index (χ0n) is 11.5. The lowest BCUT2D eigenvalue weighted by molar-refractivity contribution is -0.148. The topological polar surface area (TPSA) is 45.2 Å². The number of hydrogen-bond acceptors (Lipinski definition) is 3. The van der Waals surface area contributed by atoms with Gasteiger partial charge in [0.25, 0.3) is 0 Å². The van der Waals surface area contributed by atoms with Gasteiger partial charge in [-0.05, 0) is 39.3 Å². The number of amides is 1. The van der Waals surface area contributed by atoms with Crippen molar-refractivity contribution in [2.45, 2.75) is 45.3 Å². The molecule has 1 aliphatic heterocycles. The fraction of sp³-hybridized carbons (Fsp3) is 0.571. The second-order valence-electron chi connectivity index (χ2n) is 6.04. The predicted octanol–water partition coefficient (Wildman–Crippen LogP) is 1.57. The van der Waals surface area contributed by atoms with Crippen LogP contribution in [0.5, 0.6) is 0 Å². The standard InChI is InChI=1S/C14H21N3O/c1-13(2)10-16-14(3,4)12(18)17(13)9-11-6-5-7-15-8-11/h5-8,16H,9-10H2,1-4H3. The summed E-state index contributed by atoms with van der Waals surface area (Å²) in [6, 6.07) is 3.91. The van der Waals surface area contributed by atoms with Crippen LogP contribution in [0.25, 0.3) is 0 Å². The number of hydrogen-bond donors (Lipinski definition) is 1. The van der Waals surface area contributed by atoms with Gasteiger partial charge in [0.15, 0.2) is 0 Å². The smallest absolute Gasteiger partial charge is 0.243 e. The summed E-state index contributed by atoms with van der Waals surface area (Å²) in [6.07, 6.45) is 3.57. The Hall–Kier alpha value is -1.42. The number of pyridine rings is 1. The third-order valence-corrected chi connectivity index (χ3v) is 3.54. The third kappa shape index (κ3) is 2.38. The SMILES string of the molecule is CC1(C)NCC(C)(C)N(Cc2cccnc2)C1=O. The molecule has 1 aromatic rings. The third-order valence-electron chi connectivity index (χ3n) is 3.54. The molecule has 0 bridgehead atoms. The molecule has 0 spiro atoms. The number of piperazine rings is 1. The lowest BCUT2D eigenvalue weighted by atomic mass is 9.90. The Balaban J connectivity index is 2.25. The van der Waals surface area contributed by atoms with Gasteiger partial charge in [0.2, 0.25) is 5.91 Å². The van der Waals surface area contributed by atoms with E-state index in [0.717, 1.165) is 12.1 Å². The van der Waals surface area contributed by atoms with Crippen molar-refractivity contribution >= 4 is 5.91 Å². The molecule has 0 saturated carbocycles. The first-order valence-corrected chi connectivity index (χ1v) is 6.29. The van der Waals surface area contributed by atoms with Gasteiger partial charge in [-0.1, -0.05) is 6.07 Å². The van der Waals surface area contributed by atoms with Crippen LogP contribution in [-0.4, -0.2) is 33.4 Å². The molecular formula is C14H21N3O. The van der Waals surface area contributed by atoms with Crippen LogP contribution in [0, 0.1) is 0 Å². The summed E-state index contributed by atoms with van der Waals surface area (Å²) in [5.74, 6) is 0.141. The van der Waals surface area contributed by atoms with Gasteiger partial charge in [-0.3, -0.25) is 9.78 Å². The van der Waals surface area contributed by atoms with Crippen molar-refractivity contribution < 1.29 is 4.79 Å². The normalized spacial score (nSPS) is 22.0. The molecule has 1 aliphatic rings. The molecule has 1 aromatic heterocycles. The molecule has 1 N–H and O–H groups in total. The van der Waals surface area contributed by atoms with Crippen molar-refractivity contribution in [3.63, 3.8) is 0 Å². The van der Waals surface area contributed by atoms with E-state index in [2.05, 4.69) is 24.1 Å². The number of rotatable bonds is 2. The van der Waals surface area contributed by atoms with Crippen LogP contribution in [0.4, 0.5) is 0 Å². The zero-order valence-corrected chi connectivity index (χ0v) is 11.5. The monoisotopic (exact) mass is 247 g/mol. The molecular weight excluding hydrogens is 226 g/mol. The van der Waals surface area contributed by atoms with Crippen LogP contribution in [0.2, 0.25) is 0 Å². The van der Waals surface area contributed by atoms with E-state index in [1.54, 1.807) is 6.20 Å². The van der Waals surface area contributed by atoms with E-state index in [1.807, 2.05) is 37.1 Å². The number of nitrogens with zero attached hydrogens (tertiary/aromatic N) is 2. The molecule has 2 rings (SSSR count). The van der Waals surface area contributed by atoms with E-state index < -0.39 is 5.54 Å². The van der Waals surface area contributed by atoms with Gasteiger partial charge < -0.3 is 10.2 Å². The van der Waals surface area contributed by atoms with E-state index >= 15 is 0 Å². The highest BCUT2D eigenvalue weighted by atomic mass is 16.2. The van der Waals surface area contributed by atoms with Gasteiger partial charge in [0, 0.05) is 25.5 Å². The highest BCUT2D eigenvalue weighted by molar-refractivity contribution is 5.87. The first-order valence-electron chi connectivity index (χ1n) is 6.29. The molecule has 98 valence electrons. The van der Waals surface area contributed by atoms with Gasteiger partial charge in [-0.15, -0.1) is 0 Å². The Bertz CT molecular complexity index is 440. The number of nitrogens with one attached hydrogen (secondary N) is 1. The molecule has 0 aliphatic carbocycles. The quantitative estimate of drug-likeness (QED) is 0.863. The van der Waals surface area contributed by atoms with E-state index in [1.165, 1.54) is 0 Å². The molecule has 1 amide bonds. The van der Waals surface area contributed by atoms with Gasteiger partial charge in [0.05, 0.1) is 11.1 Å². The molecule has 18 heavy (non-hydrogen) atoms. The minimum absolute atomic E-state index is 0.141. The molecule has 0 aromatic carbocycles. The first kappa shape index (κ1) is 13.0. The van der Waals surface area contributed by atoms with Crippen molar-refractivity contribution in [3.05, 3.63) is 30.1 Å². The van der Waals surface area contributed by atoms with E-state index in [9.17, 15) is 4.79 Å². The summed E-state index contributed by atoms with van der Waals surface area (Å²) in [7, 11) is 0. The van der Waals surface area contributed by atoms with Crippen molar-refractivity contribution in [2.24, 2.45) is 0 Å². The van der Waals surface area contributed by atoms with E-state index in [0.29, 0.717) is 6.54 Å². The molecule has 0 unspecified atom stereocenters. The van der Waals surface area contributed by atoms with Crippen LogP contribution in [0.1, 0.15) is 33.3 Å². The number of carbonyl (C=O) groups excluding carboxylic acids is 1. The van der Waals surface area contributed by atoms with Crippen LogP contribution >= 0.6 is 0 Å². The average molecular weight is 247 g/mol. The predicted molar refractivity (Wildman–Crippen MR) is 70.9 cm³/mol. The van der Waals surface area contributed by atoms with Crippen molar-refractivity contribution in [1.29, 1.82) is 0 Å². The average Bonchev–Trinajstić information content (AvgIpc) is 2.33. The summed E-state index contributed by atoms with van der Waals surface area (Å²) in [5.41, 5.74) is 0.400. The Morgan fingerprint density at radius 2 is 2.11 bits per heavy atom. The highest BCUT2D eigenvalue weighted by Gasteiger charge is 2.44. The van der Waals surface area contributed by atoms with Gasteiger partial charge in [-0.2, -0.15) is 0 Å². The van der Waals surface area contributed by atoms with Crippen LogP contribution in [0.3, 0.4) is 0 Å². The maximum atomic E-state index is 12.5. The Labute approximate surface area is 108 Å². The minimum atomic E-state index is -0.488. The molecule has 1 saturated heterocycles. The van der Waals surface area contributed by atoms with Crippen LogP contribution in [0.15, 0.2) is 24.5 Å². The van der Waals surface area contributed by atoms with E-state index in [4.69, 9.17) is 0 Å². The fourth-order valence-electron chi connectivity index (χ4n) is 2.18. The summed E-state index contributed by atoms with van der Waals surface area (Å²) in [4.78, 5) is 18.6. The Morgan fingerprint density at radius 1 is 1.39 bits per heavy atom. The van der Waals surface area contributed by atoms with Crippen molar-refractivity contribution in [1.82, 2.24) is 15.2 Å². The Kier molecular flexibility index (Phi) is 3.15. The molecule has 0 atom stereocenters. The van der Waals surface area contributed by atoms with Crippen LogP contribution < -0.4 is 5.32 Å². The summed E-state index contributed by atoms with van der Waals surface area (Å²) in [6.45, 7) is 9.45. The first-order chi connectivity index (χ1) is 8.33. The lowest BCUT2D eigenvalue weighted by Gasteiger charge is -2.49. The molecule has 4 nitrogen and oxygen atoms in total. The second-order valence-corrected chi connectivity index (χ2v) is 6.04. The van der Waals surface area contributed by atoms with Crippen molar-refractivity contribution in [2.75, 3.05) is 6.54 Å². The fourth-order valence-corrected chi connectivity index (χ4v) is 2.18. The lowest BCUT2D eigenvalue weighted by Crippen LogP contribution is -2.69. The van der Waals surface area contributed by atoms with E-state index in [-0.39, 0.29) is 11.4 Å². The van der Waals surface area contributed by atoms with Gasteiger partial charge in [0.1, 0.15) is 0 Å². The molecule has 2 heterocycles. The molecule has 4 heteroatoms. The van der Waals surface area contributed by atoms with Gasteiger partial charge in [-0.25, -0.2) is 0 Å². The Morgan fingerprint density at radius 3 is 2.72 bits per heavy atom. The number of aromatic nitrogens is 1. The summed E-state index contributed by atoms with van der Waals surface area (Å²) in [5, 5.41) is 3.31. The highest BCUT2D eigenvalue weighted by Crippen LogP contribution is 2.26.